The number of sulfonamides is 1. The van der Waals surface area contributed by atoms with E-state index in [-0.39, 0.29) is 10.6 Å². The Morgan fingerprint density at radius 3 is 2.31 bits per heavy atom. The van der Waals surface area contributed by atoms with Gasteiger partial charge in [-0.15, -0.1) is 0 Å². The van der Waals surface area contributed by atoms with Gasteiger partial charge in [-0.2, -0.15) is 5.10 Å². The van der Waals surface area contributed by atoms with Gasteiger partial charge in [-0.3, -0.25) is 15.5 Å². The summed E-state index contributed by atoms with van der Waals surface area (Å²) in [6, 6.07) is 11.0. The first-order valence-electron chi connectivity index (χ1n) is 7.49. The maximum atomic E-state index is 11.3. The van der Waals surface area contributed by atoms with Gasteiger partial charge >= 0.3 is 0 Å². The number of hydrazone groups is 1. The van der Waals surface area contributed by atoms with Crippen molar-refractivity contribution < 1.29 is 13.3 Å². The molecule has 0 unspecified atom stereocenters. The van der Waals surface area contributed by atoms with Gasteiger partial charge in [0.15, 0.2) is 0 Å². The summed E-state index contributed by atoms with van der Waals surface area (Å²) in [7, 11) is -0.168. The summed E-state index contributed by atoms with van der Waals surface area (Å²) in [6.07, 6.45) is 0. The fraction of sp³-hybridized carbons (Fsp3) is 0.188. The molecule has 0 fully saturated rings. The van der Waals surface area contributed by atoms with Crippen LogP contribution in [0.3, 0.4) is 0 Å². The topological polar surface area (TPSA) is 131 Å². The largest absolute Gasteiger partial charge is 0.378 e. The van der Waals surface area contributed by atoms with Crippen LogP contribution in [-0.2, 0) is 10.0 Å². The summed E-state index contributed by atoms with van der Waals surface area (Å²) in [5.74, 6) is 0. The molecule has 0 saturated heterocycles. The van der Waals surface area contributed by atoms with Crippen molar-refractivity contribution in [2.75, 3.05) is 24.4 Å². The van der Waals surface area contributed by atoms with Crippen molar-refractivity contribution in [3.05, 3.63) is 58.1 Å². The minimum atomic E-state index is -4.03. The van der Waals surface area contributed by atoms with E-state index in [0.29, 0.717) is 5.71 Å². The quantitative estimate of drug-likeness (QED) is 0.450. The van der Waals surface area contributed by atoms with Crippen LogP contribution in [0.4, 0.5) is 17.1 Å². The van der Waals surface area contributed by atoms with Crippen molar-refractivity contribution in [2.24, 2.45) is 10.2 Å². The van der Waals surface area contributed by atoms with E-state index in [2.05, 4.69) is 10.5 Å². The molecule has 26 heavy (non-hydrogen) atoms. The van der Waals surface area contributed by atoms with Crippen molar-refractivity contribution in [3.8, 4) is 0 Å². The molecule has 0 bridgehead atoms. The Morgan fingerprint density at radius 2 is 1.81 bits per heavy atom. The fourth-order valence-corrected chi connectivity index (χ4v) is 2.68. The highest BCUT2D eigenvalue weighted by molar-refractivity contribution is 7.89. The molecule has 0 aromatic heterocycles. The minimum Gasteiger partial charge on any atom is -0.378 e. The number of nitro groups is 1. The third kappa shape index (κ3) is 4.55. The first-order valence-corrected chi connectivity index (χ1v) is 9.03. The number of nitrogens with two attached hydrogens (primary N) is 1. The molecule has 0 amide bonds. The second-order valence-electron chi connectivity index (χ2n) is 5.73. The van der Waals surface area contributed by atoms with Gasteiger partial charge < -0.3 is 4.90 Å². The molecule has 2 aromatic carbocycles. The first-order chi connectivity index (χ1) is 12.1. The molecule has 3 N–H and O–H groups in total. The molecule has 0 aliphatic carbocycles. The predicted octanol–water partition coefficient (Wildman–Crippen LogP) is 2.14. The number of nitro benzene ring substituents is 1. The lowest BCUT2D eigenvalue weighted by Gasteiger charge is -2.12. The maximum Gasteiger partial charge on any atom is 0.295 e. The zero-order chi connectivity index (χ0) is 19.5. The van der Waals surface area contributed by atoms with Crippen LogP contribution in [0.25, 0.3) is 0 Å². The third-order valence-corrected chi connectivity index (χ3v) is 4.55. The molecular formula is C16H19N5O4S. The van der Waals surface area contributed by atoms with Crippen LogP contribution in [0.2, 0.25) is 0 Å². The molecule has 0 heterocycles. The van der Waals surface area contributed by atoms with Crippen LogP contribution in [0, 0.1) is 10.1 Å². The summed E-state index contributed by atoms with van der Waals surface area (Å²) in [6.45, 7) is 1.75. The molecule has 9 nitrogen and oxygen atoms in total. The van der Waals surface area contributed by atoms with E-state index < -0.39 is 20.6 Å². The van der Waals surface area contributed by atoms with Gasteiger partial charge in [-0.25, -0.2) is 13.6 Å². The number of anilines is 2. The Labute approximate surface area is 151 Å². The number of primary sulfonamides is 1. The predicted molar refractivity (Wildman–Crippen MR) is 101 cm³/mol. The maximum absolute atomic E-state index is 11.3. The van der Waals surface area contributed by atoms with Crippen molar-refractivity contribution in [2.45, 2.75) is 11.8 Å². The fourth-order valence-electron chi connectivity index (χ4n) is 2.14. The summed E-state index contributed by atoms with van der Waals surface area (Å²) in [4.78, 5) is 12.1. The smallest absolute Gasteiger partial charge is 0.295 e. The van der Waals surface area contributed by atoms with Crippen LogP contribution in [0.1, 0.15) is 12.5 Å². The summed E-state index contributed by atoms with van der Waals surface area (Å²) in [5.41, 5.74) is 4.72. The number of rotatable bonds is 6. The Kier molecular flexibility index (Phi) is 5.58. The number of benzene rings is 2. The number of hydrogen-bond acceptors (Lipinski definition) is 7. The average Bonchev–Trinajstić information content (AvgIpc) is 2.58. The number of nitrogens with one attached hydrogen (secondary N) is 1. The second-order valence-corrected chi connectivity index (χ2v) is 7.29. The van der Waals surface area contributed by atoms with Gasteiger partial charge in [0.1, 0.15) is 5.69 Å². The zero-order valence-corrected chi connectivity index (χ0v) is 15.3. The van der Waals surface area contributed by atoms with Crippen molar-refractivity contribution >= 4 is 32.8 Å². The van der Waals surface area contributed by atoms with Crippen molar-refractivity contribution in [1.82, 2.24) is 0 Å². The molecule has 10 heteroatoms. The highest BCUT2D eigenvalue weighted by atomic mass is 32.2. The molecule has 0 saturated carbocycles. The molecule has 2 rings (SSSR count). The van der Waals surface area contributed by atoms with Crippen LogP contribution >= 0.6 is 0 Å². The van der Waals surface area contributed by atoms with Crippen LogP contribution in [-0.4, -0.2) is 33.1 Å². The van der Waals surface area contributed by atoms with E-state index in [4.69, 9.17) is 5.14 Å². The molecule has 0 spiro atoms. The lowest BCUT2D eigenvalue weighted by molar-refractivity contribution is -0.384. The highest BCUT2D eigenvalue weighted by Gasteiger charge is 2.19. The first kappa shape index (κ1) is 19.3. The highest BCUT2D eigenvalue weighted by Crippen LogP contribution is 2.27. The molecule has 0 atom stereocenters. The third-order valence-electron chi connectivity index (χ3n) is 3.64. The van der Waals surface area contributed by atoms with E-state index in [0.717, 1.165) is 17.3 Å². The molecule has 138 valence electrons. The molecular weight excluding hydrogens is 358 g/mol. The standard InChI is InChI=1S/C16H19N5O4S/c1-11(12-4-6-13(7-5-12)20(2)3)18-19-15-9-8-14(26(17,24)25)10-16(15)21(22)23/h4-10,19H,1-3H3,(H2,17,24,25)/b18-11-. The van der Waals surface area contributed by atoms with E-state index in [1.807, 2.05) is 43.3 Å². The summed E-state index contributed by atoms with van der Waals surface area (Å²) in [5, 5.41) is 20.3. The average molecular weight is 377 g/mol. The van der Waals surface area contributed by atoms with Crippen molar-refractivity contribution in [3.63, 3.8) is 0 Å². The SMILES string of the molecule is C/C(=N/Nc1ccc(S(N)(=O)=O)cc1[N+](=O)[O-])c1ccc(N(C)C)cc1. The van der Waals surface area contributed by atoms with Crippen molar-refractivity contribution in [1.29, 1.82) is 0 Å². The molecule has 0 radical (unpaired) electrons. The van der Waals surface area contributed by atoms with E-state index in [9.17, 15) is 18.5 Å². The van der Waals surface area contributed by atoms with Gasteiger partial charge in [0.25, 0.3) is 5.69 Å². The van der Waals surface area contributed by atoms with E-state index >= 15 is 0 Å². The summed E-state index contributed by atoms with van der Waals surface area (Å²) >= 11 is 0. The number of hydrogen-bond donors (Lipinski definition) is 2. The van der Waals surface area contributed by atoms with Crippen LogP contribution < -0.4 is 15.5 Å². The normalized spacial score (nSPS) is 11.9. The molecule has 2 aromatic rings. The second kappa shape index (κ2) is 7.50. The van der Waals surface area contributed by atoms with Crippen LogP contribution in [0.15, 0.2) is 52.5 Å². The van der Waals surface area contributed by atoms with Gasteiger partial charge in [-0.05, 0) is 36.8 Å². The Hall–Kier alpha value is -2.98. The molecule has 0 aliphatic heterocycles. The zero-order valence-electron chi connectivity index (χ0n) is 14.5. The Bertz CT molecular complexity index is 953. The van der Waals surface area contributed by atoms with E-state index in [1.54, 1.807) is 6.92 Å². The monoisotopic (exact) mass is 377 g/mol. The summed E-state index contributed by atoms with van der Waals surface area (Å²) < 4.78 is 22.7. The lowest BCUT2D eigenvalue weighted by Crippen LogP contribution is -2.12. The number of nitrogens with zero attached hydrogens (tertiary/aromatic N) is 3. The lowest BCUT2D eigenvalue weighted by atomic mass is 10.1. The van der Waals surface area contributed by atoms with E-state index in [1.165, 1.54) is 12.1 Å². The molecule has 0 aliphatic rings. The van der Waals surface area contributed by atoms with Gasteiger partial charge in [-0.1, -0.05) is 12.1 Å². The Balaban J connectivity index is 2.29. The van der Waals surface area contributed by atoms with Gasteiger partial charge in [0, 0.05) is 25.8 Å². The minimum absolute atomic E-state index is 0.0617. The van der Waals surface area contributed by atoms with Crippen LogP contribution in [0.5, 0.6) is 0 Å². The van der Waals surface area contributed by atoms with Gasteiger partial charge in [0.2, 0.25) is 10.0 Å². The Morgan fingerprint density at radius 1 is 1.19 bits per heavy atom. The van der Waals surface area contributed by atoms with Gasteiger partial charge in [0.05, 0.1) is 15.5 Å².